The van der Waals surface area contributed by atoms with Gasteiger partial charge in [0, 0.05) is 13.2 Å². The normalized spacial score (nSPS) is 14.2. The highest BCUT2D eigenvalue weighted by Crippen LogP contribution is 2.36. The fourth-order valence-electron chi connectivity index (χ4n) is 3.61. The molecule has 3 amide bonds. The zero-order valence-corrected chi connectivity index (χ0v) is 19.0. The maximum Gasteiger partial charge on any atom is 0.263 e. The monoisotopic (exact) mass is 460 g/mol. The van der Waals surface area contributed by atoms with Crippen molar-refractivity contribution in [2.24, 2.45) is 0 Å². The lowest BCUT2D eigenvalue weighted by Gasteiger charge is -2.22. The number of nitrogens with zero attached hydrogens (tertiary/aromatic N) is 1. The fraction of sp³-hybridized carbons (Fsp3) is 0.318. The maximum absolute atomic E-state index is 13.1. The first kappa shape index (κ1) is 23.3. The van der Waals surface area contributed by atoms with Gasteiger partial charge in [0.15, 0.2) is 21.3 Å². The summed E-state index contributed by atoms with van der Waals surface area (Å²) in [6.45, 7) is 3.03. The van der Waals surface area contributed by atoms with Crippen molar-refractivity contribution in [1.29, 1.82) is 0 Å². The van der Waals surface area contributed by atoms with Crippen molar-refractivity contribution in [2.45, 2.75) is 19.1 Å². The molecule has 1 atom stereocenters. The number of carbonyl (C=O) groups is 3. The van der Waals surface area contributed by atoms with Crippen molar-refractivity contribution in [3.63, 3.8) is 0 Å². The van der Waals surface area contributed by atoms with E-state index in [2.05, 4.69) is 5.32 Å². The van der Waals surface area contributed by atoms with Crippen molar-refractivity contribution < 1.29 is 32.3 Å². The van der Waals surface area contributed by atoms with Gasteiger partial charge in [-0.05, 0) is 36.8 Å². The van der Waals surface area contributed by atoms with Crippen LogP contribution in [-0.4, -0.2) is 57.6 Å². The van der Waals surface area contributed by atoms with Gasteiger partial charge in [-0.25, -0.2) is 8.42 Å². The molecule has 10 heteroatoms. The Morgan fingerprint density at radius 1 is 1.12 bits per heavy atom. The van der Waals surface area contributed by atoms with Crippen LogP contribution in [0.1, 0.15) is 45.4 Å². The quantitative estimate of drug-likeness (QED) is 0.601. The first-order valence-electron chi connectivity index (χ1n) is 9.84. The molecule has 1 N–H and O–H groups in total. The lowest BCUT2D eigenvalue weighted by molar-refractivity contribution is -0.114. The summed E-state index contributed by atoms with van der Waals surface area (Å²) >= 11 is 0. The molecular weight excluding hydrogens is 436 g/mol. The Labute approximate surface area is 186 Å². The molecule has 2 aromatic rings. The fourth-order valence-corrected chi connectivity index (χ4v) is 4.67. The Bertz CT molecular complexity index is 1190. The highest BCUT2D eigenvalue weighted by molar-refractivity contribution is 7.91. The Hall–Kier alpha value is -3.40. The number of anilines is 1. The number of hydrogen-bond acceptors (Lipinski definition) is 7. The highest BCUT2D eigenvalue weighted by Gasteiger charge is 2.40. The van der Waals surface area contributed by atoms with Gasteiger partial charge in [-0.2, -0.15) is 0 Å². The van der Waals surface area contributed by atoms with Crippen molar-refractivity contribution in [3.8, 4) is 11.5 Å². The van der Waals surface area contributed by atoms with Crippen LogP contribution in [0, 0.1) is 0 Å². The number of rotatable bonds is 8. The van der Waals surface area contributed by atoms with Crippen LogP contribution in [0.3, 0.4) is 0 Å². The Morgan fingerprint density at radius 3 is 2.44 bits per heavy atom. The minimum absolute atomic E-state index is 0.0460. The van der Waals surface area contributed by atoms with Crippen LogP contribution in [0.15, 0.2) is 36.4 Å². The van der Waals surface area contributed by atoms with E-state index in [1.165, 1.54) is 32.2 Å². The molecule has 1 aliphatic heterocycles. The lowest BCUT2D eigenvalue weighted by Crippen LogP contribution is -2.36. The first-order chi connectivity index (χ1) is 15.1. The van der Waals surface area contributed by atoms with Crippen molar-refractivity contribution in [3.05, 3.63) is 53.1 Å². The van der Waals surface area contributed by atoms with Gasteiger partial charge in [-0.1, -0.05) is 12.1 Å². The molecule has 0 spiro atoms. The van der Waals surface area contributed by atoms with Crippen LogP contribution in [0.4, 0.5) is 5.69 Å². The summed E-state index contributed by atoms with van der Waals surface area (Å²) in [4.78, 5) is 38.4. The SMILES string of the molecule is CCOc1cc(C(CN2C(=O)c3cccc(NC(C)=O)c3C2=O)S(C)(=O)=O)ccc1OC. The van der Waals surface area contributed by atoms with Crippen molar-refractivity contribution in [1.82, 2.24) is 4.90 Å². The molecule has 0 radical (unpaired) electrons. The predicted molar refractivity (Wildman–Crippen MR) is 118 cm³/mol. The zero-order chi connectivity index (χ0) is 23.6. The average molecular weight is 461 g/mol. The molecule has 170 valence electrons. The van der Waals surface area contributed by atoms with Crippen LogP contribution in [0.2, 0.25) is 0 Å². The van der Waals surface area contributed by atoms with Gasteiger partial charge >= 0.3 is 0 Å². The second-order valence-corrected chi connectivity index (χ2v) is 9.52. The van der Waals surface area contributed by atoms with Gasteiger partial charge in [0.25, 0.3) is 11.8 Å². The molecular formula is C22H24N2O7S. The summed E-state index contributed by atoms with van der Waals surface area (Å²) in [6.07, 6.45) is 1.04. The average Bonchev–Trinajstić information content (AvgIpc) is 2.96. The Kier molecular flexibility index (Phi) is 6.54. The van der Waals surface area contributed by atoms with Gasteiger partial charge < -0.3 is 14.8 Å². The van der Waals surface area contributed by atoms with E-state index in [0.717, 1.165) is 11.2 Å². The zero-order valence-electron chi connectivity index (χ0n) is 18.2. The van der Waals surface area contributed by atoms with E-state index >= 15 is 0 Å². The maximum atomic E-state index is 13.1. The van der Waals surface area contributed by atoms with Crippen LogP contribution in [-0.2, 0) is 14.6 Å². The summed E-state index contributed by atoms with van der Waals surface area (Å²) in [6, 6.07) is 9.21. The van der Waals surface area contributed by atoms with Gasteiger partial charge in [-0.3, -0.25) is 19.3 Å². The van der Waals surface area contributed by atoms with Gasteiger partial charge in [-0.15, -0.1) is 0 Å². The summed E-state index contributed by atoms with van der Waals surface area (Å²) < 4.78 is 36.1. The summed E-state index contributed by atoms with van der Waals surface area (Å²) in [5.41, 5.74) is 0.716. The predicted octanol–water partition coefficient (Wildman–Crippen LogP) is 2.43. The van der Waals surface area contributed by atoms with Crippen LogP contribution in [0.25, 0.3) is 0 Å². The number of ether oxygens (including phenoxy) is 2. The molecule has 9 nitrogen and oxygen atoms in total. The standard InChI is InChI=1S/C22H24N2O7S/c1-5-31-18-11-14(9-10-17(18)30-3)19(32(4,28)29)12-24-21(26)15-7-6-8-16(23-13(2)25)20(15)22(24)27/h6-11,19H,5,12H2,1-4H3,(H,23,25). The molecule has 0 saturated heterocycles. The number of methoxy groups -OCH3 is 1. The molecule has 3 rings (SSSR count). The van der Waals surface area contributed by atoms with Crippen LogP contribution in [0.5, 0.6) is 11.5 Å². The van der Waals surface area contributed by atoms with E-state index in [0.29, 0.717) is 23.7 Å². The molecule has 32 heavy (non-hydrogen) atoms. The number of carbonyl (C=O) groups excluding carboxylic acids is 3. The topological polar surface area (TPSA) is 119 Å². The largest absolute Gasteiger partial charge is 0.493 e. The molecule has 1 aliphatic rings. The number of sulfone groups is 1. The third-order valence-electron chi connectivity index (χ3n) is 5.03. The van der Waals surface area contributed by atoms with E-state index < -0.39 is 32.8 Å². The molecule has 1 heterocycles. The Balaban J connectivity index is 2.01. The smallest absolute Gasteiger partial charge is 0.263 e. The summed E-state index contributed by atoms with van der Waals surface area (Å²) in [5, 5.41) is 1.36. The number of amides is 3. The summed E-state index contributed by atoms with van der Waals surface area (Å²) in [7, 11) is -2.26. The third kappa shape index (κ3) is 4.45. The van der Waals surface area contributed by atoms with E-state index in [4.69, 9.17) is 9.47 Å². The molecule has 0 aromatic heterocycles. The molecule has 0 bridgehead atoms. The molecule has 0 saturated carbocycles. The van der Waals surface area contributed by atoms with Crippen molar-refractivity contribution in [2.75, 3.05) is 31.8 Å². The number of benzene rings is 2. The second-order valence-electron chi connectivity index (χ2n) is 7.29. The van der Waals surface area contributed by atoms with Gasteiger partial charge in [0.05, 0.1) is 37.1 Å². The highest BCUT2D eigenvalue weighted by atomic mass is 32.2. The number of imide groups is 1. The number of hydrogen-bond donors (Lipinski definition) is 1. The van der Waals surface area contributed by atoms with Crippen molar-refractivity contribution >= 4 is 33.2 Å². The third-order valence-corrected chi connectivity index (χ3v) is 6.49. The lowest BCUT2D eigenvalue weighted by atomic mass is 10.1. The molecule has 0 fully saturated rings. The van der Waals surface area contributed by atoms with Crippen LogP contribution >= 0.6 is 0 Å². The van der Waals surface area contributed by atoms with E-state index in [-0.39, 0.29) is 23.4 Å². The number of fused-ring (bicyclic) bond motifs is 1. The summed E-state index contributed by atoms with van der Waals surface area (Å²) in [5.74, 6) is -0.890. The van der Waals surface area contributed by atoms with Gasteiger partial charge in [0.2, 0.25) is 5.91 Å². The molecule has 0 aliphatic carbocycles. The molecule has 1 unspecified atom stereocenters. The van der Waals surface area contributed by atoms with Gasteiger partial charge in [0.1, 0.15) is 5.25 Å². The Morgan fingerprint density at radius 2 is 1.84 bits per heavy atom. The van der Waals surface area contributed by atoms with E-state index in [1.807, 2.05) is 0 Å². The number of nitrogens with one attached hydrogen (secondary N) is 1. The minimum atomic E-state index is -3.73. The molecule has 2 aromatic carbocycles. The van der Waals surface area contributed by atoms with E-state index in [1.54, 1.807) is 25.1 Å². The minimum Gasteiger partial charge on any atom is -0.493 e. The second kappa shape index (κ2) is 8.99. The van der Waals surface area contributed by atoms with Crippen LogP contribution < -0.4 is 14.8 Å². The first-order valence-corrected chi connectivity index (χ1v) is 11.8. The van der Waals surface area contributed by atoms with E-state index in [9.17, 15) is 22.8 Å².